The second-order valence-electron chi connectivity index (χ2n) is 4.01. The highest BCUT2D eigenvalue weighted by Crippen LogP contribution is 2.07. The molecule has 1 rings (SSSR count). The second-order valence-corrected chi connectivity index (χ2v) is 4.01. The minimum Gasteiger partial charge on any atom is -0.374 e. The van der Waals surface area contributed by atoms with E-state index in [2.05, 4.69) is 4.90 Å². The van der Waals surface area contributed by atoms with E-state index in [9.17, 15) is 0 Å². The Bertz CT molecular complexity index is 155. The van der Waals surface area contributed by atoms with Crippen LogP contribution in [0.5, 0.6) is 0 Å². The van der Waals surface area contributed by atoms with Crippen LogP contribution in [0.1, 0.15) is 13.8 Å². The molecule has 0 aromatic carbocycles. The van der Waals surface area contributed by atoms with E-state index in [0.717, 1.165) is 26.2 Å². The summed E-state index contributed by atoms with van der Waals surface area (Å²) in [6.07, 6.45) is 0.174. The number of morpholine rings is 1. The summed E-state index contributed by atoms with van der Waals surface area (Å²) in [4.78, 5) is 2.32. The van der Waals surface area contributed by atoms with Gasteiger partial charge in [0.25, 0.3) is 0 Å². The molecular formula is C9H22ClN3O. The molecular weight excluding hydrogens is 202 g/mol. The molecule has 0 saturated carbocycles. The van der Waals surface area contributed by atoms with Gasteiger partial charge >= 0.3 is 0 Å². The number of rotatable bonds is 3. The van der Waals surface area contributed by atoms with Gasteiger partial charge in [0, 0.05) is 31.7 Å². The van der Waals surface area contributed by atoms with Crippen molar-refractivity contribution in [3.8, 4) is 0 Å². The molecule has 0 radical (unpaired) electrons. The molecule has 0 aromatic rings. The maximum absolute atomic E-state index is 5.78. The molecule has 0 spiro atoms. The Morgan fingerprint density at radius 3 is 2.57 bits per heavy atom. The third-order valence-electron chi connectivity index (χ3n) is 2.31. The van der Waals surface area contributed by atoms with Gasteiger partial charge in [-0.1, -0.05) is 0 Å². The highest BCUT2D eigenvalue weighted by atomic mass is 35.5. The SMILES string of the molecule is CC(N)CN1CCOC(C(C)N)C1.Cl. The summed E-state index contributed by atoms with van der Waals surface area (Å²) < 4.78 is 5.54. The van der Waals surface area contributed by atoms with Gasteiger partial charge in [0.1, 0.15) is 0 Å². The van der Waals surface area contributed by atoms with Gasteiger partial charge in [0.05, 0.1) is 12.7 Å². The molecule has 4 nitrogen and oxygen atoms in total. The van der Waals surface area contributed by atoms with Gasteiger partial charge < -0.3 is 16.2 Å². The zero-order valence-corrected chi connectivity index (χ0v) is 9.80. The monoisotopic (exact) mass is 223 g/mol. The fourth-order valence-corrected chi connectivity index (χ4v) is 1.62. The standard InChI is InChI=1S/C9H21N3O.ClH/c1-7(10)5-12-3-4-13-9(6-12)8(2)11;/h7-9H,3-6,10-11H2,1-2H3;1H. The van der Waals surface area contributed by atoms with Crippen LogP contribution in [0.2, 0.25) is 0 Å². The molecule has 0 aromatic heterocycles. The number of ether oxygens (including phenoxy) is 1. The van der Waals surface area contributed by atoms with E-state index in [-0.39, 0.29) is 30.6 Å². The molecule has 4 N–H and O–H groups in total. The van der Waals surface area contributed by atoms with Crippen molar-refractivity contribution in [1.29, 1.82) is 0 Å². The van der Waals surface area contributed by atoms with Crippen LogP contribution in [-0.2, 0) is 4.74 Å². The molecule has 3 unspecified atom stereocenters. The van der Waals surface area contributed by atoms with Gasteiger partial charge in [-0.05, 0) is 13.8 Å². The Morgan fingerprint density at radius 1 is 1.43 bits per heavy atom. The number of nitrogens with zero attached hydrogens (tertiary/aromatic N) is 1. The van der Waals surface area contributed by atoms with E-state index >= 15 is 0 Å². The first-order valence-electron chi connectivity index (χ1n) is 4.94. The van der Waals surface area contributed by atoms with Crippen molar-refractivity contribution in [2.75, 3.05) is 26.2 Å². The predicted octanol–water partition coefficient (Wildman–Crippen LogP) is -0.197. The summed E-state index contributed by atoms with van der Waals surface area (Å²) in [5.41, 5.74) is 11.5. The van der Waals surface area contributed by atoms with E-state index in [4.69, 9.17) is 16.2 Å². The minimum absolute atomic E-state index is 0. The van der Waals surface area contributed by atoms with Crippen molar-refractivity contribution in [3.63, 3.8) is 0 Å². The quantitative estimate of drug-likeness (QED) is 0.696. The van der Waals surface area contributed by atoms with Crippen LogP contribution >= 0.6 is 12.4 Å². The molecule has 0 bridgehead atoms. The lowest BCUT2D eigenvalue weighted by Crippen LogP contribution is -2.51. The zero-order valence-electron chi connectivity index (χ0n) is 8.98. The van der Waals surface area contributed by atoms with Crippen LogP contribution in [0.4, 0.5) is 0 Å². The molecule has 3 atom stereocenters. The average molecular weight is 224 g/mol. The first-order valence-corrected chi connectivity index (χ1v) is 4.94. The van der Waals surface area contributed by atoms with E-state index in [1.807, 2.05) is 13.8 Å². The van der Waals surface area contributed by atoms with E-state index in [0.29, 0.717) is 0 Å². The number of halogens is 1. The van der Waals surface area contributed by atoms with Crippen molar-refractivity contribution in [3.05, 3.63) is 0 Å². The Morgan fingerprint density at radius 2 is 2.07 bits per heavy atom. The second kappa shape index (κ2) is 6.58. The molecule has 86 valence electrons. The highest BCUT2D eigenvalue weighted by Gasteiger charge is 2.23. The molecule has 1 saturated heterocycles. The lowest BCUT2D eigenvalue weighted by molar-refractivity contribution is -0.0385. The number of hydrogen-bond acceptors (Lipinski definition) is 4. The van der Waals surface area contributed by atoms with Crippen LogP contribution in [0.25, 0.3) is 0 Å². The Labute approximate surface area is 92.4 Å². The molecule has 0 aliphatic carbocycles. The molecule has 1 fully saturated rings. The minimum atomic E-state index is 0. The summed E-state index contributed by atoms with van der Waals surface area (Å²) in [5, 5.41) is 0. The third-order valence-corrected chi connectivity index (χ3v) is 2.31. The molecule has 1 aliphatic rings. The summed E-state index contributed by atoms with van der Waals surface area (Å²) in [6.45, 7) is 7.62. The average Bonchev–Trinajstić information content (AvgIpc) is 2.03. The van der Waals surface area contributed by atoms with Gasteiger partial charge in [-0.25, -0.2) is 0 Å². The predicted molar refractivity (Wildman–Crippen MR) is 60.7 cm³/mol. The molecule has 1 aliphatic heterocycles. The summed E-state index contributed by atoms with van der Waals surface area (Å²) in [5.74, 6) is 0. The highest BCUT2D eigenvalue weighted by molar-refractivity contribution is 5.85. The number of hydrogen-bond donors (Lipinski definition) is 2. The van der Waals surface area contributed by atoms with Crippen molar-refractivity contribution < 1.29 is 4.74 Å². The molecule has 0 amide bonds. The number of nitrogens with two attached hydrogens (primary N) is 2. The van der Waals surface area contributed by atoms with Crippen LogP contribution in [-0.4, -0.2) is 49.3 Å². The first-order chi connectivity index (χ1) is 6.09. The zero-order chi connectivity index (χ0) is 9.84. The fraction of sp³-hybridized carbons (Fsp3) is 1.00. The largest absolute Gasteiger partial charge is 0.374 e. The maximum atomic E-state index is 5.78. The van der Waals surface area contributed by atoms with Crippen molar-refractivity contribution in [2.45, 2.75) is 32.0 Å². The van der Waals surface area contributed by atoms with E-state index < -0.39 is 0 Å². The van der Waals surface area contributed by atoms with Crippen molar-refractivity contribution in [1.82, 2.24) is 4.90 Å². The maximum Gasteiger partial charge on any atom is 0.0850 e. The molecule has 1 heterocycles. The summed E-state index contributed by atoms with van der Waals surface area (Å²) in [6, 6.07) is 0.336. The summed E-state index contributed by atoms with van der Waals surface area (Å²) in [7, 11) is 0. The topological polar surface area (TPSA) is 64.5 Å². The Balaban J connectivity index is 0.00000169. The van der Waals surface area contributed by atoms with Crippen molar-refractivity contribution >= 4 is 12.4 Å². The van der Waals surface area contributed by atoms with Crippen LogP contribution in [0.3, 0.4) is 0 Å². The van der Waals surface area contributed by atoms with E-state index in [1.54, 1.807) is 0 Å². The van der Waals surface area contributed by atoms with Crippen LogP contribution in [0, 0.1) is 0 Å². The lowest BCUT2D eigenvalue weighted by Gasteiger charge is -2.35. The van der Waals surface area contributed by atoms with Crippen LogP contribution in [0.15, 0.2) is 0 Å². The molecule has 5 heteroatoms. The lowest BCUT2D eigenvalue weighted by atomic mass is 10.1. The van der Waals surface area contributed by atoms with Crippen molar-refractivity contribution in [2.24, 2.45) is 11.5 Å². The van der Waals surface area contributed by atoms with Gasteiger partial charge in [0.2, 0.25) is 0 Å². The van der Waals surface area contributed by atoms with Gasteiger partial charge in [-0.2, -0.15) is 0 Å². The normalized spacial score (nSPS) is 27.9. The first kappa shape index (κ1) is 14.1. The summed E-state index contributed by atoms with van der Waals surface area (Å²) >= 11 is 0. The van der Waals surface area contributed by atoms with Gasteiger partial charge in [-0.3, -0.25) is 4.90 Å². The van der Waals surface area contributed by atoms with Gasteiger partial charge in [-0.15, -0.1) is 12.4 Å². The smallest absolute Gasteiger partial charge is 0.0850 e. The fourth-order valence-electron chi connectivity index (χ4n) is 1.62. The third kappa shape index (κ3) is 4.57. The van der Waals surface area contributed by atoms with Crippen LogP contribution < -0.4 is 11.5 Å². The Kier molecular flexibility index (Phi) is 6.64. The van der Waals surface area contributed by atoms with Gasteiger partial charge in [0.15, 0.2) is 0 Å². The molecule has 14 heavy (non-hydrogen) atoms. The van der Waals surface area contributed by atoms with E-state index in [1.165, 1.54) is 0 Å². The Hall–Kier alpha value is 0.130.